The number of benzene rings is 2. The van der Waals surface area contributed by atoms with Gasteiger partial charge in [-0.3, -0.25) is 4.79 Å². The number of carbonyl (C=O) groups is 1. The lowest BCUT2D eigenvalue weighted by Crippen LogP contribution is -2.07. The quantitative estimate of drug-likeness (QED) is 0.768. The van der Waals surface area contributed by atoms with E-state index >= 15 is 0 Å². The molecule has 0 aliphatic carbocycles. The third-order valence-corrected chi connectivity index (χ3v) is 3.50. The maximum absolute atomic E-state index is 13.4. The Kier molecular flexibility index (Phi) is 4.04. The highest BCUT2D eigenvalue weighted by atomic mass is 79.9. The molecule has 2 aromatic rings. The molecule has 2 aromatic carbocycles. The SMILES string of the molecule is O=C(Cc1cccc(F)c1Br)c1cc(F)ccc1F. The first-order chi connectivity index (χ1) is 8.99. The Labute approximate surface area is 116 Å². The highest BCUT2D eigenvalue weighted by Gasteiger charge is 2.15. The molecule has 0 fully saturated rings. The third-order valence-electron chi connectivity index (χ3n) is 2.61. The maximum atomic E-state index is 13.4. The molecule has 0 spiro atoms. The topological polar surface area (TPSA) is 17.1 Å². The van der Waals surface area contributed by atoms with Gasteiger partial charge in [0.05, 0.1) is 10.0 Å². The summed E-state index contributed by atoms with van der Waals surface area (Å²) >= 11 is 3.02. The molecule has 0 heterocycles. The van der Waals surface area contributed by atoms with Gasteiger partial charge in [-0.25, -0.2) is 13.2 Å². The van der Waals surface area contributed by atoms with Crippen molar-refractivity contribution in [2.45, 2.75) is 6.42 Å². The Balaban J connectivity index is 2.31. The van der Waals surface area contributed by atoms with Crippen LogP contribution in [0.3, 0.4) is 0 Å². The number of halogens is 4. The largest absolute Gasteiger partial charge is 0.294 e. The summed E-state index contributed by atoms with van der Waals surface area (Å²) in [6.07, 6.45) is -0.210. The van der Waals surface area contributed by atoms with Crippen LogP contribution in [0.1, 0.15) is 15.9 Å². The van der Waals surface area contributed by atoms with Gasteiger partial charge in [0.25, 0.3) is 0 Å². The van der Waals surface area contributed by atoms with Gasteiger partial charge < -0.3 is 0 Å². The molecule has 1 nitrogen and oxygen atoms in total. The summed E-state index contributed by atoms with van der Waals surface area (Å²) in [5.74, 6) is -2.60. The van der Waals surface area contributed by atoms with Crippen LogP contribution >= 0.6 is 15.9 Å². The lowest BCUT2D eigenvalue weighted by molar-refractivity contribution is 0.0988. The lowest BCUT2D eigenvalue weighted by Gasteiger charge is -2.06. The second-order valence-electron chi connectivity index (χ2n) is 3.94. The molecular formula is C14H8BrF3O. The van der Waals surface area contributed by atoms with Gasteiger partial charge in [-0.1, -0.05) is 12.1 Å². The summed E-state index contributed by atoms with van der Waals surface area (Å²) < 4.78 is 39.9. The van der Waals surface area contributed by atoms with Crippen LogP contribution < -0.4 is 0 Å². The van der Waals surface area contributed by atoms with E-state index in [2.05, 4.69) is 15.9 Å². The van der Waals surface area contributed by atoms with Crippen LogP contribution in [0.25, 0.3) is 0 Å². The lowest BCUT2D eigenvalue weighted by atomic mass is 10.0. The molecule has 0 saturated heterocycles. The van der Waals surface area contributed by atoms with Crippen LogP contribution in [0, 0.1) is 17.5 Å². The minimum absolute atomic E-state index is 0.153. The van der Waals surface area contributed by atoms with Crippen molar-refractivity contribution in [3.8, 4) is 0 Å². The van der Waals surface area contributed by atoms with Gasteiger partial charge in [0, 0.05) is 6.42 Å². The zero-order chi connectivity index (χ0) is 14.0. The molecule has 2 rings (SSSR count). The molecule has 0 amide bonds. The summed E-state index contributed by atoms with van der Waals surface area (Å²) in [6, 6.07) is 6.89. The number of rotatable bonds is 3. The number of hydrogen-bond acceptors (Lipinski definition) is 1. The number of ketones is 1. The van der Waals surface area contributed by atoms with E-state index in [1.165, 1.54) is 12.1 Å². The molecule has 0 aromatic heterocycles. The predicted molar refractivity (Wildman–Crippen MR) is 68.5 cm³/mol. The average Bonchev–Trinajstić information content (AvgIpc) is 2.38. The van der Waals surface area contributed by atoms with Gasteiger partial charge in [0.15, 0.2) is 5.78 Å². The first-order valence-corrected chi connectivity index (χ1v) is 6.19. The van der Waals surface area contributed by atoms with Crippen LogP contribution in [0.5, 0.6) is 0 Å². The molecule has 19 heavy (non-hydrogen) atoms. The molecule has 5 heteroatoms. The Hall–Kier alpha value is -1.62. The van der Waals surface area contributed by atoms with Crippen LogP contribution in [-0.4, -0.2) is 5.78 Å². The second kappa shape index (κ2) is 5.57. The van der Waals surface area contributed by atoms with E-state index in [-0.39, 0.29) is 16.5 Å². The van der Waals surface area contributed by atoms with E-state index in [1.807, 2.05) is 0 Å². The number of Topliss-reactive ketones (excluding diaryl/α,β-unsaturated/α-hetero) is 1. The normalized spacial score (nSPS) is 10.5. The van der Waals surface area contributed by atoms with Gasteiger partial charge in [0.2, 0.25) is 0 Å². The molecular weight excluding hydrogens is 321 g/mol. The van der Waals surface area contributed by atoms with Crippen molar-refractivity contribution in [2.75, 3.05) is 0 Å². The van der Waals surface area contributed by atoms with E-state index in [1.54, 1.807) is 6.07 Å². The Morgan fingerprint density at radius 3 is 2.53 bits per heavy atom. The van der Waals surface area contributed by atoms with Crippen molar-refractivity contribution in [3.05, 3.63) is 69.4 Å². The third kappa shape index (κ3) is 3.04. The van der Waals surface area contributed by atoms with Gasteiger partial charge in [0.1, 0.15) is 17.5 Å². The van der Waals surface area contributed by atoms with E-state index in [9.17, 15) is 18.0 Å². The highest BCUT2D eigenvalue weighted by Crippen LogP contribution is 2.22. The summed E-state index contributed by atoms with van der Waals surface area (Å²) in [4.78, 5) is 11.9. The minimum atomic E-state index is -0.793. The monoisotopic (exact) mass is 328 g/mol. The first-order valence-electron chi connectivity index (χ1n) is 5.40. The summed E-state index contributed by atoms with van der Waals surface area (Å²) in [7, 11) is 0. The smallest absolute Gasteiger partial charge is 0.170 e. The summed E-state index contributed by atoms with van der Waals surface area (Å²) in [6.45, 7) is 0. The molecule has 0 unspecified atom stereocenters. The zero-order valence-corrected chi connectivity index (χ0v) is 11.2. The molecule has 98 valence electrons. The summed E-state index contributed by atoms with van der Waals surface area (Å²) in [5.41, 5.74) is 0.0461. The van der Waals surface area contributed by atoms with Crippen molar-refractivity contribution in [1.29, 1.82) is 0 Å². The standard InChI is InChI=1S/C14H8BrF3O/c15-14-8(2-1-3-12(14)18)6-13(19)10-7-9(16)4-5-11(10)17/h1-5,7H,6H2. The van der Waals surface area contributed by atoms with E-state index in [4.69, 9.17) is 0 Å². The molecule has 0 saturated carbocycles. The van der Waals surface area contributed by atoms with E-state index in [0.717, 1.165) is 18.2 Å². The van der Waals surface area contributed by atoms with E-state index < -0.39 is 23.2 Å². The first kappa shape index (κ1) is 13.8. The molecule has 0 N–H and O–H groups in total. The van der Waals surface area contributed by atoms with Crippen LogP contribution in [0.2, 0.25) is 0 Å². The highest BCUT2D eigenvalue weighted by molar-refractivity contribution is 9.10. The second-order valence-corrected chi connectivity index (χ2v) is 4.73. The summed E-state index contributed by atoms with van der Waals surface area (Å²) in [5, 5.41) is 0. The fourth-order valence-electron chi connectivity index (χ4n) is 1.66. The van der Waals surface area contributed by atoms with Crippen LogP contribution in [-0.2, 0) is 6.42 Å². The van der Waals surface area contributed by atoms with Gasteiger partial charge in [-0.05, 0) is 45.8 Å². The maximum Gasteiger partial charge on any atom is 0.170 e. The van der Waals surface area contributed by atoms with E-state index in [0.29, 0.717) is 5.56 Å². The van der Waals surface area contributed by atoms with Crippen molar-refractivity contribution in [2.24, 2.45) is 0 Å². The molecule has 0 atom stereocenters. The van der Waals surface area contributed by atoms with Crippen LogP contribution in [0.15, 0.2) is 40.9 Å². The van der Waals surface area contributed by atoms with Crippen molar-refractivity contribution in [3.63, 3.8) is 0 Å². The number of hydrogen-bond donors (Lipinski definition) is 0. The molecule has 0 aliphatic rings. The van der Waals surface area contributed by atoms with Crippen molar-refractivity contribution in [1.82, 2.24) is 0 Å². The Bertz CT molecular complexity index is 641. The fourth-order valence-corrected chi connectivity index (χ4v) is 2.07. The zero-order valence-electron chi connectivity index (χ0n) is 9.59. The van der Waals surface area contributed by atoms with Crippen molar-refractivity contribution < 1.29 is 18.0 Å². The molecule has 0 bridgehead atoms. The van der Waals surface area contributed by atoms with Gasteiger partial charge >= 0.3 is 0 Å². The molecule has 0 aliphatic heterocycles. The Morgan fingerprint density at radius 1 is 1.05 bits per heavy atom. The van der Waals surface area contributed by atoms with Gasteiger partial charge in [-0.2, -0.15) is 0 Å². The average molecular weight is 329 g/mol. The molecule has 0 radical (unpaired) electrons. The van der Waals surface area contributed by atoms with Crippen molar-refractivity contribution >= 4 is 21.7 Å². The minimum Gasteiger partial charge on any atom is -0.294 e. The van der Waals surface area contributed by atoms with Gasteiger partial charge in [-0.15, -0.1) is 0 Å². The fraction of sp³-hybridized carbons (Fsp3) is 0.0714. The Morgan fingerprint density at radius 2 is 1.79 bits per heavy atom. The predicted octanol–water partition coefficient (Wildman–Crippen LogP) is 4.29. The van der Waals surface area contributed by atoms with Crippen LogP contribution in [0.4, 0.5) is 13.2 Å². The number of carbonyl (C=O) groups excluding carboxylic acids is 1.